The SMILES string of the molecule is Cc1cc2nc(C)c(C(C)C)c(=O)n2[nH]1. The molecule has 0 aromatic carbocycles. The highest BCUT2D eigenvalue weighted by atomic mass is 16.1. The Labute approximate surface area is 87.9 Å². The van der Waals surface area contributed by atoms with Crippen LogP contribution in [0.1, 0.15) is 36.7 Å². The van der Waals surface area contributed by atoms with Crippen LogP contribution < -0.4 is 5.56 Å². The van der Waals surface area contributed by atoms with E-state index in [2.05, 4.69) is 10.1 Å². The summed E-state index contributed by atoms with van der Waals surface area (Å²) in [6.07, 6.45) is 0. The van der Waals surface area contributed by atoms with Crippen LogP contribution in [0.5, 0.6) is 0 Å². The van der Waals surface area contributed by atoms with Crippen LogP contribution in [0.15, 0.2) is 10.9 Å². The van der Waals surface area contributed by atoms with Crippen LogP contribution in [-0.2, 0) is 0 Å². The Kier molecular flexibility index (Phi) is 2.14. The van der Waals surface area contributed by atoms with Gasteiger partial charge < -0.3 is 0 Å². The summed E-state index contributed by atoms with van der Waals surface area (Å²) in [7, 11) is 0. The molecule has 0 amide bonds. The molecular formula is C11H15N3O. The van der Waals surface area contributed by atoms with Crippen molar-refractivity contribution < 1.29 is 0 Å². The lowest BCUT2D eigenvalue weighted by Crippen LogP contribution is -2.22. The van der Waals surface area contributed by atoms with E-state index in [4.69, 9.17) is 0 Å². The van der Waals surface area contributed by atoms with Crippen molar-refractivity contribution in [3.8, 4) is 0 Å². The molecule has 0 atom stereocenters. The number of nitrogens with one attached hydrogen (secondary N) is 1. The predicted molar refractivity (Wildman–Crippen MR) is 59.4 cm³/mol. The molecule has 4 heteroatoms. The van der Waals surface area contributed by atoms with E-state index in [1.165, 1.54) is 4.52 Å². The molecule has 15 heavy (non-hydrogen) atoms. The quantitative estimate of drug-likeness (QED) is 0.771. The Bertz CT molecular complexity index is 563. The summed E-state index contributed by atoms with van der Waals surface area (Å²) >= 11 is 0. The molecule has 4 nitrogen and oxygen atoms in total. The smallest absolute Gasteiger partial charge is 0.276 e. The molecule has 2 rings (SSSR count). The monoisotopic (exact) mass is 205 g/mol. The summed E-state index contributed by atoms with van der Waals surface area (Å²) in [4.78, 5) is 16.5. The number of hydrogen-bond donors (Lipinski definition) is 1. The van der Waals surface area contributed by atoms with Gasteiger partial charge in [-0.2, -0.15) is 0 Å². The van der Waals surface area contributed by atoms with Gasteiger partial charge in [0.15, 0.2) is 5.65 Å². The van der Waals surface area contributed by atoms with Crippen LogP contribution in [0.25, 0.3) is 5.65 Å². The summed E-state index contributed by atoms with van der Waals surface area (Å²) < 4.78 is 1.51. The van der Waals surface area contributed by atoms with Gasteiger partial charge in [0.1, 0.15) is 0 Å². The summed E-state index contributed by atoms with van der Waals surface area (Å²) in [6.45, 7) is 7.82. The minimum atomic E-state index is 0.0144. The van der Waals surface area contributed by atoms with Gasteiger partial charge in [-0.3, -0.25) is 9.89 Å². The number of H-pyrrole nitrogens is 1. The first-order chi connectivity index (χ1) is 7.00. The molecule has 2 aromatic heterocycles. The van der Waals surface area contributed by atoms with E-state index >= 15 is 0 Å². The van der Waals surface area contributed by atoms with E-state index in [0.29, 0.717) is 5.65 Å². The summed E-state index contributed by atoms with van der Waals surface area (Å²) in [6, 6.07) is 1.87. The van der Waals surface area contributed by atoms with Crippen molar-refractivity contribution in [2.75, 3.05) is 0 Å². The minimum Gasteiger partial charge on any atom is -0.294 e. The second-order valence-electron chi connectivity index (χ2n) is 4.20. The van der Waals surface area contributed by atoms with Crippen molar-refractivity contribution in [1.29, 1.82) is 0 Å². The molecule has 0 saturated carbocycles. The van der Waals surface area contributed by atoms with Gasteiger partial charge in [-0.05, 0) is 19.8 Å². The van der Waals surface area contributed by atoms with E-state index in [1.807, 2.05) is 33.8 Å². The Morgan fingerprint density at radius 2 is 2.07 bits per heavy atom. The minimum absolute atomic E-state index is 0.0144. The lowest BCUT2D eigenvalue weighted by atomic mass is 10.0. The Hall–Kier alpha value is -1.58. The molecule has 2 aromatic rings. The zero-order chi connectivity index (χ0) is 11.2. The van der Waals surface area contributed by atoms with Gasteiger partial charge in [0.05, 0.1) is 0 Å². The van der Waals surface area contributed by atoms with Crippen molar-refractivity contribution >= 4 is 5.65 Å². The lowest BCUT2D eigenvalue weighted by molar-refractivity contribution is 0.776. The Morgan fingerprint density at radius 3 is 2.67 bits per heavy atom. The fourth-order valence-corrected chi connectivity index (χ4v) is 1.93. The Balaban J connectivity index is 2.89. The average molecular weight is 205 g/mol. The largest absolute Gasteiger partial charge is 0.294 e. The van der Waals surface area contributed by atoms with Gasteiger partial charge in [-0.1, -0.05) is 13.8 Å². The number of nitrogens with zero attached hydrogens (tertiary/aromatic N) is 2. The van der Waals surface area contributed by atoms with Crippen molar-refractivity contribution in [2.45, 2.75) is 33.6 Å². The zero-order valence-corrected chi connectivity index (χ0v) is 9.46. The molecule has 0 radical (unpaired) electrons. The topological polar surface area (TPSA) is 50.2 Å². The van der Waals surface area contributed by atoms with E-state index < -0.39 is 0 Å². The van der Waals surface area contributed by atoms with Crippen LogP contribution in [-0.4, -0.2) is 14.6 Å². The first-order valence-electron chi connectivity index (χ1n) is 5.09. The fourth-order valence-electron chi connectivity index (χ4n) is 1.93. The molecular weight excluding hydrogens is 190 g/mol. The number of aromatic amines is 1. The summed E-state index contributed by atoms with van der Waals surface area (Å²) in [5.74, 6) is 0.200. The highest BCUT2D eigenvalue weighted by Crippen LogP contribution is 2.13. The molecule has 80 valence electrons. The van der Waals surface area contributed by atoms with E-state index in [9.17, 15) is 4.79 Å². The number of hydrogen-bond acceptors (Lipinski definition) is 2. The molecule has 0 bridgehead atoms. The van der Waals surface area contributed by atoms with Gasteiger partial charge in [0.25, 0.3) is 5.56 Å². The number of aryl methyl sites for hydroxylation is 2. The van der Waals surface area contributed by atoms with Crippen LogP contribution in [0.4, 0.5) is 0 Å². The van der Waals surface area contributed by atoms with Gasteiger partial charge in [-0.15, -0.1) is 0 Å². The standard InChI is InChI=1S/C11H15N3O/c1-6(2)10-8(4)12-9-5-7(3)13-14(9)11(10)15/h5-6,13H,1-4H3. The van der Waals surface area contributed by atoms with Gasteiger partial charge in [0.2, 0.25) is 0 Å². The number of rotatable bonds is 1. The molecule has 0 spiro atoms. The van der Waals surface area contributed by atoms with Gasteiger partial charge in [-0.25, -0.2) is 9.50 Å². The van der Waals surface area contributed by atoms with E-state index in [0.717, 1.165) is 17.0 Å². The number of fused-ring (bicyclic) bond motifs is 1. The molecule has 0 saturated heterocycles. The zero-order valence-electron chi connectivity index (χ0n) is 9.46. The third-order valence-electron chi connectivity index (χ3n) is 2.55. The van der Waals surface area contributed by atoms with Crippen molar-refractivity contribution in [3.05, 3.63) is 33.4 Å². The fraction of sp³-hybridized carbons (Fsp3) is 0.455. The van der Waals surface area contributed by atoms with Gasteiger partial charge in [0, 0.05) is 23.0 Å². The molecule has 0 unspecified atom stereocenters. The third-order valence-corrected chi connectivity index (χ3v) is 2.55. The highest BCUT2D eigenvalue weighted by molar-refractivity contribution is 5.41. The molecule has 0 aliphatic carbocycles. The summed E-state index contributed by atoms with van der Waals surface area (Å²) in [5, 5.41) is 2.99. The highest BCUT2D eigenvalue weighted by Gasteiger charge is 2.13. The first kappa shape index (κ1) is 9.96. The maximum Gasteiger partial charge on any atom is 0.276 e. The second kappa shape index (κ2) is 3.22. The predicted octanol–water partition coefficient (Wildman–Crippen LogP) is 1.76. The molecule has 0 fully saturated rings. The molecule has 0 aliphatic heterocycles. The molecule has 0 aliphatic rings. The number of aromatic nitrogens is 3. The van der Waals surface area contributed by atoms with Crippen LogP contribution in [0, 0.1) is 13.8 Å². The maximum atomic E-state index is 12.1. The Morgan fingerprint density at radius 1 is 1.40 bits per heavy atom. The van der Waals surface area contributed by atoms with Crippen molar-refractivity contribution in [1.82, 2.24) is 14.6 Å². The first-order valence-corrected chi connectivity index (χ1v) is 5.09. The normalized spacial score (nSPS) is 11.5. The lowest BCUT2D eigenvalue weighted by Gasteiger charge is -2.07. The van der Waals surface area contributed by atoms with Crippen molar-refractivity contribution in [3.63, 3.8) is 0 Å². The van der Waals surface area contributed by atoms with Crippen LogP contribution in [0.2, 0.25) is 0 Å². The maximum absolute atomic E-state index is 12.1. The van der Waals surface area contributed by atoms with E-state index in [-0.39, 0.29) is 11.5 Å². The van der Waals surface area contributed by atoms with E-state index in [1.54, 1.807) is 0 Å². The third kappa shape index (κ3) is 1.46. The molecule has 2 heterocycles. The van der Waals surface area contributed by atoms with Gasteiger partial charge >= 0.3 is 0 Å². The van der Waals surface area contributed by atoms with Crippen LogP contribution >= 0.6 is 0 Å². The second-order valence-corrected chi connectivity index (χ2v) is 4.20. The van der Waals surface area contributed by atoms with Crippen LogP contribution in [0.3, 0.4) is 0 Å². The molecule has 1 N–H and O–H groups in total. The van der Waals surface area contributed by atoms with Crippen molar-refractivity contribution in [2.24, 2.45) is 0 Å². The average Bonchev–Trinajstić information content (AvgIpc) is 2.45. The summed E-state index contributed by atoms with van der Waals surface area (Å²) in [5.41, 5.74) is 3.27.